The van der Waals surface area contributed by atoms with Crippen molar-refractivity contribution in [2.24, 2.45) is 0 Å². The summed E-state index contributed by atoms with van der Waals surface area (Å²) in [5.41, 5.74) is 1.33. The Labute approximate surface area is 119 Å². The van der Waals surface area contributed by atoms with Crippen LogP contribution < -0.4 is 5.32 Å². The summed E-state index contributed by atoms with van der Waals surface area (Å²) in [5, 5.41) is 13.5. The minimum Gasteiger partial charge on any atom is -0.476 e. The number of carbonyl (C=O) groups excluding carboxylic acids is 1. The molecule has 20 heavy (non-hydrogen) atoms. The van der Waals surface area contributed by atoms with Crippen LogP contribution in [0.2, 0.25) is 0 Å². The number of aromatic carboxylic acids is 1. The Balaban J connectivity index is 2.06. The van der Waals surface area contributed by atoms with Crippen molar-refractivity contribution in [2.75, 3.05) is 0 Å². The molecule has 2 N–H and O–H groups in total. The summed E-state index contributed by atoms with van der Waals surface area (Å²) in [6.45, 7) is 5.56. The van der Waals surface area contributed by atoms with Crippen LogP contribution in [0.25, 0.3) is 0 Å². The number of nitrogens with zero attached hydrogens (tertiary/aromatic N) is 1. The van der Waals surface area contributed by atoms with Gasteiger partial charge < -0.3 is 14.8 Å². The Morgan fingerprint density at radius 1 is 1.35 bits per heavy atom. The average molecular weight is 294 g/mol. The number of carbonyl (C=O) groups is 2. The van der Waals surface area contributed by atoms with Crippen LogP contribution in [-0.2, 0) is 6.54 Å². The molecule has 0 radical (unpaired) electrons. The van der Waals surface area contributed by atoms with Crippen LogP contribution in [0.1, 0.15) is 42.9 Å². The van der Waals surface area contributed by atoms with Crippen molar-refractivity contribution < 1.29 is 19.1 Å². The SMILES string of the molecule is Cc1oc(C)c(C(=O)NCc2nc(C(=O)O)cs2)c1C. The van der Waals surface area contributed by atoms with Gasteiger partial charge in [-0.1, -0.05) is 0 Å². The zero-order valence-electron chi connectivity index (χ0n) is 11.3. The Hall–Kier alpha value is -2.15. The summed E-state index contributed by atoms with van der Waals surface area (Å²) in [5.74, 6) is -0.0298. The lowest BCUT2D eigenvalue weighted by Crippen LogP contribution is -2.23. The number of carboxylic acid groups (broad SMARTS) is 1. The van der Waals surface area contributed by atoms with E-state index in [1.54, 1.807) is 13.8 Å². The maximum atomic E-state index is 12.1. The van der Waals surface area contributed by atoms with Gasteiger partial charge in [0.2, 0.25) is 0 Å². The van der Waals surface area contributed by atoms with Crippen molar-refractivity contribution in [3.8, 4) is 0 Å². The molecule has 0 spiro atoms. The number of aromatic nitrogens is 1. The van der Waals surface area contributed by atoms with E-state index in [0.29, 0.717) is 16.3 Å². The number of hydrogen-bond acceptors (Lipinski definition) is 5. The molecule has 2 rings (SSSR count). The monoisotopic (exact) mass is 294 g/mol. The number of amides is 1. The zero-order valence-corrected chi connectivity index (χ0v) is 12.1. The van der Waals surface area contributed by atoms with E-state index in [2.05, 4.69) is 10.3 Å². The molecule has 2 aromatic rings. The predicted octanol–water partition coefficient (Wildman–Crippen LogP) is 2.29. The molecule has 106 valence electrons. The standard InChI is InChI=1S/C13H14N2O4S/c1-6-7(2)19-8(3)11(6)12(16)14-4-10-15-9(5-20-10)13(17)18/h5H,4H2,1-3H3,(H,14,16)(H,17,18). The lowest BCUT2D eigenvalue weighted by molar-refractivity contribution is 0.0691. The molecule has 1 amide bonds. The summed E-state index contributed by atoms with van der Waals surface area (Å²) in [7, 11) is 0. The van der Waals surface area contributed by atoms with E-state index >= 15 is 0 Å². The van der Waals surface area contributed by atoms with Gasteiger partial charge in [-0.15, -0.1) is 11.3 Å². The number of aryl methyl sites for hydroxylation is 2. The van der Waals surface area contributed by atoms with E-state index in [-0.39, 0.29) is 18.1 Å². The van der Waals surface area contributed by atoms with Gasteiger partial charge >= 0.3 is 5.97 Å². The van der Waals surface area contributed by atoms with Crippen LogP contribution in [0.15, 0.2) is 9.80 Å². The first kappa shape index (κ1) is 14.3. The van der Waals surface area contributed by atoms with Gasteiger partial charge in [0.05, 0.1) is 12.1 Å². The third kappa shape index (κ3) is 2.72. The fourth-order valence-corrected chi connectivity index (χ4v) is 2.57. The summed E-state index contributed by atoms with van der Waals surface area (Å²) < 4.78 is 5.40. The third-order valence-corrected chi connectivity index (χ3v) is 3.81. The lowest BCUT2D eigenvalue weighted by Gasteiger charge is -2.03. The van der Waals surface area contributed by atoms with Gasteiger partial charge in [-0.25, -0.2) is 9.78 Å². The minimum absolute atomic E-state index is 0.00855. The molecule has 0 atom stereocenters. The fourth-order valence-electron chi connectivity index (χ4n) is 1.86. The highest BCUT2D eigenvalue weighted by Gasteiger charge is 2.18. The number of thiazole rings is 1. The second kappa shape index (κ2) is 5.46. The molecule has 2 heterocycles. The molecule has 0 saturated heterocycles. The van der Waals surface area contributed by atoms with E-state index in [0.717, 1.165) is 11.3 Å². The van der Waals surface area contributed by atoms with Crippen molar-refractivity contribution in [3.05, 3.63) is 38.7 Å². The summed E-state index contributed by atoms with van der Waals surface area (Å²) >= 11 is 1.20. The molecular formula is C13H14N2O4S. The molecule has 6 nitrogen and oxygen atoms in total. The summed E-state index contributed by atoms with van der Waals surface area (Å²) in [6.07, 6.45) is 0. The van der Waals surface area contributed by atoms with Crippen LogP contribution in [0, 0.1) is 20.8 Å². The molecule has 0 aromatic carbocycles. The van der Waals surface area contributed by atoms with Crippen LogP contribution >= 0.6 is 11.3 Å². The second-order valence-electron chi connectivity index (χ2n) is 4.33. The highest BCUT2D eigenvalue weighted by molar-refractivity contribution is 7.09. The second-order valence-corrected chi connectivity index (χ2v) is 5.27. The first-order chi connectivity index (χ1) is 9.40. The molecule has 0 fully saturated rings. The molecule has 7 heteroatoms. The van der Waals surface area contributed by atoms with E-state index in [1.165, 1.54) is 16.7 Å². The van der Waals surface area contributed by atoms with Crippen LogP contribution in [0.4, 0.5) is 0 Å². The topological polar surface area (TPSA) is 92.4 Å². The molecule has 0 unspecified atom stereocenters. The Kier molecular flexibility index (Phi) is 3.89. The van der Waals surface area contributed by atoms with Gasteiger partial charge in [-0.05, 0) is 20.8 Å². The highest BCUT2D eigenvalue weighted by Crippen LogP contribution is 2.20. The van der Waals surface area contributed by atoms with E-state index in [4.69, 9.17) is 9.52 Å². The molecule has 0 aliphatic rings. The first-order valence-electron chi connectivity index (χ1n) is 5.92. The van der Waals surface area contributed by atoms with Gasteiger partial charge in [-0.2, -0.15) is 0 Å². The quantitative estimate of drug-likeness (QED) is 0.902. The Morgan fingerprint density at radius 3 is 2.55 bits per heavy atom. The number of furan rings is 1. The number of carboxylic acids is 1. The van der Waals surface area contributed by atoms with Crippen LogP contribution in [0.3, 0.4) is 0 Å². The van der Waals surface area contributed by atoms with E-state index in [1.807, 2.05) is 6.92 Å². The van der Waals surface area contributed by atoms with Gasteiger partial charge in [0.1, 0.15) is 16.5 Å². The maximum absolute atomic E-state index is 12.1. The highest BCUT2D eigenvalue weighted by atomic mass is 32.1. The molecule has 0 saturated carbocycles. The van der Waals surface area contributed by atoms with Crippen molar-refractivity contribution in [1.82, 2.24) is 10.3 Å². The zero-order chi connectivity index (χ0) is 14.9. The summed E-state index contributed by atoms with van der Waals surface area (Å²) in [4.78, 5) is 26.7. The predicted molar refractivity (Wildman–Crippen MR) is 73.2 cm³/mol. The lowest BCUT2D eigenvalue weighted by atomic mass is 10.1. The number of nitrogens with one attached hydrogen (secondary N) is 1. The maximum Gasteiger partial charge on any atom is 0.355 e. The smallest absolute Gasteiger partial charge is 0.355 e. The largest absolute Gasteiger partial charge is 0.476 e. The molecule has 2 aromatic heterocycles. The van der Waals surface area contributed by atoms with Gasteiger partial charge in [0, 0.05) is 10.9 Å². The van der Waals surface area contributed by atoms with Gasteiger partial charge in [0.25, 0.3) is 5.91 Å². The molecule has 0 aliphatic heterocycles. The normalized spacial score (nSPS) is 10.6. The van der Waals surface area contributed by atoms with Crippen molar-refractivity contribution in [1.29, 1.82) is 0 Å². The van der Waals surface area contributed by atoms with Crippen molar-refractivity contribution in [3.63, 3.8) is 0 Å². The van der Waals surface area contributed by atoms with Gasteiger partial charge in [-0.3, -0.25) is 4.79 Å². The minimum atomic E-state index is -1.07. The number of hydrogen-bond donors (Lipinski definition) is 2. The van der Waals surface area contributed by atoms with Gasteiger partial charge in [0.15, 0.2) is 5.69 Å². The first-order valence-corrected chi connectivity index (χ1v) is 6.80. The van der Waals surface area contributed by atoms with Crippen molar-refractivity contribution in [2.45, 2.75) is 27.3 Å². The molecule has 0 bridgehead atoms. The Morgan fingerprint density at radius 2 is 2.05 bits per heavy atom. The Bertz CT molecular complexity index is 672. The molecular weight excluding hydrogens is 280 g/mol. The summed E-state index contributed by atoms with van der Waals surface area (Å²) in [6, 6.07) is 0. The van der Waals surface area contributed by atoms with Crippen LogP contribution in [-0.4, -0.2) is 22.0 Å². The van der Waals surface area contributed by atoms with Crippen LogP contribution in [0.5, 0.6) is 0 Å². The van der Waals surface area contributed by atoms with E-state index < -0.39 is 5.97 Å². The average Bonchev–Trinajstić information content (AvgIpc) is 2.93. The van der Waals surface area contributed by atoms with Crippen molar-refractivity contribution >= 4 is 23.2 Å². The van der Waals surface area contributed by atoms with E-state index in [9.17, 15) is 9.59 Å². The number of rotatable bonds is 4. The third-order valence-electron chi connectivity index (χ3n) is 2.96. The molecule has 0 aliphatic carbocycles. The fraction of sp³-hybridized carbons (Fsp3) is 0.308.